The Morgan fingerprint density at radius 3 is 2.48 bits per heavy atom. The van der Waals surface area contributed by atoms with E-state index in [9.17, 15) is 9.59 Å². The van der Waals surface area contributed by atoms with Crippen LogP contribution in [-0.4, -0.2) is 48.4 Å². The topological polar surface area (TPSA) is 75.9 Å². The first-order valence-electron chi connectivity index (χ1n) is 7.00. The monoisotopic (exact) mass is 291 g/mol. The highest BCUT2D eigenvalue weighted by atomic mass is 16.5. The van der Waals surface area contributed by atoms with Crippen LogP contribution in [0.4, 0.5) is 0 Å². The fraction of sp³-hybridized carbons (Fsp3) is 0.467. The highest BCUT2D eigenvalue weighted by Crippen LogP contribution is 2.22. The van der Waals surface area contributed by atoms with Crippen molar-refractivity contribution in [3.63, 3.8) is 0 Å². The van der Waals surface area contributed by atoms with E-state index < -0.39 is 0 Å². The number of ether oxygens (including phenoxy) is 1. The van der Waals surface area contributed by atoms with Gasteiger partial charge in [-0.05, 0) is 24.6 Å². The first kappa shape index (κ1) is 15.3. The van der Waals surface area contributed by atoms with Crippen molar-refractivity contribution in [1.29, 1.82) is 0 Å². The summed E-state index contributed by atoms with van der Waals surface area (Å²) in [5.41, 5.74) is 7.48. The molecule has 1 aliphatic heterocycles. The van der Waals surface area contributed by atoms with Crippen LogP contribution in [0, 0.1) is 0 Å². The number of amides is 2. The van der Waals surface area contributed by atoms with Gasteiger partial charge < -0.3 is 20.3 Å². The van der Waals surface area contributed by atoms with Gasteiger partial charge in [-0.1, -0.05) is 6.07 Å². The Morgan fingerprint density at radius 2 is 1.86 bits per heavy atom. The molecule has 2 amide bonds. The number of hydrogen-bond acceptors (Lipinski definition) is 4. The number of carbonyl (C=O) groups is 2. The summed E-state index contributed by atoms with van der Waals surface area (Å²) in [4.78, 5) is 27.2. The Balaban J connectivity index is 2.17. The summed E-state index contributed by atoms with van der Waals surface area (Å²) in [7, 11) is 1.59. The van der Waals surface area contributed by atoms with Crippen molar-refractivity contribution in [2.45, 2.75) is 20.0 Å². The summed E-state index contributed by atoms with van der Waals surface area (Å²) in [6, 6.07) is 5.65. The molecular formula is C15H21N3O3. The molecule has 0 unspecified atom stereocenters. The summed E-state index contributed by atoms with van der Waals surface area (Å²) in [5, 5.41) is 0. The zero-order valence-corrected chi connectivity index (χ0v) is 12.5. The molecule has 6 nitrogen and oxygen atoms in total. The van der Waals surface area contributed by atoms with Crippen molar-refractivity contribution in [2.75, 3.05) is 26.7 Å². The quantitative estimate of drug-likeness (QED) is 0.849. The maximum atomic E-state index is 12.1. The molecule has 0 aromatic heterocycles. The van der Waals surface area contributed by atoms with E-state index in [0.717, 1.165) is 11.1 Å². The lowest BCUT2D eigenvalue weighted by molar-refractivity contribution is -0.150. The van der Waals surface area contributed by atoms with Gasteiger partial charge in [0.25, 0.3) is 0 Å². The van der Waals surface area contributed by atoms with E-state index in [1.54, 1.807) is 16.9 Å². The molecule has 21 heavy (non-hydrogen) atoms. The van der Waals surface area contributed by atoms with Crippen molar-refractivity contribution >= 4 is 11.8 Å². The molecule has 1 saturated heterocycles. The third-order valence-corrected chi connectivity index (χ3v) is 3.68. The lowest BCUT2D eigenvalue weighted by Gasteiger charge is -2.33. The van der Waals surface area contributed by atoms with Gasteiger partial charge in [0.2, 0.25) is 11.8 Å². The van der Waals surface area contributed by atoms with Gasteiger partial charge in [-0.15, -0.1) is 0 Å². The van der Waals surface area contributed by atoms with Crippen molar-refractivity contribution in [3.05, 3.63) is 29.3 Å². The number of piperazine rings is 1. The van der Waals surface area contributed by atoms with E-state index in [0.29, 0.717) is 25.4 Å². The number of nitrogens with two attached hydrogens (primary N) is 1. The lowest BCUT2D eigenvalue weighted by atomic mass is 10.1. The molecule has 0 atom stereocenters. The molecule has 0 spiro atoms. The molecular weight excluding hydrogens is 270 g/mol. The molecule has 0 aliphatic carbocycles. The Kier molecular flexibility index (Phi) is 4.80. The number of nitrogens with zero attached hydrogens (tertiary/aromatic N) is 2. The van der Waals surface area contributed by atoms with E-state index in [1.807, 2.05) is 25.1 Å². The summed E-state index contributed by atoms with van der Waals surface area (Å²) < 4.78 is 5.32. The number of rotatable bonds is 5. The zero-order valence-electron chi connectivity index (χ0n) is 12.5. The molecule has 0 radical (unpaired) electrons. The van der Waals surface area contributed by atoms with Crippen LogP contribution in [0.1, 0.15) is 18.1 Å². The minimum Gasteiger partial charge on any atom is -0.496 e. The van der Waals surface area contributed by atoms with E-state index in [4.69, 9.17) is 10.5 Å². The molecule has 1 heterocycles. The summed E-state index contributed by atoms with van der Waals surface area (Å²) >= 11 is 0. The van der Waals surface area contributed by atoms with Crippen LogP contribution >= 0.6 is 0 Å². The molecule has 1 fully saturated rings. The van der Waals surface area contributed by atoms with Crippen LogP contribution < -0.4 is 10.5 Å². The fourth-order valence-electron chi connectivity index (χ4n) is 2.42. The van der Waals surface area contributed by atoms with E-state index in [2.05, 4.69) is 0 Å². The van der Waals surface area contributed by atoms with Crippen molar-refractivity contribution in [2.24, 2.45) is 5.73 Å². The average molecular weight is 291 g/mol. The maximum absolute atomic E-state index is 12.1. The van der Waals surface area contributed by atoms with Gasteiger partial charge >= 0.3 is 0 Å². The van der Waals surface area contributed by atoms with Gasteiger partial charge in [-0.3, -0.25) is 9.59 Å². The van der Waals surface area contributed by atoms with Crippen LogP contribution in [0.5, 0.6) is 5.75 Å². The minimum absolute atomic E-state index is 0.0222. The van der Waals surface area contributed by atoms with Crippen LogP contribution in [0.25, 0.3) is 0 Å². The Labute approximate surface area is 124 Å². The number of benzene rings is 1. The van der Waals surface area contributed by atoms with Crippen molar-refractivity contribution < 1.29 is 14.3 Å². The number of hydrogen-bond donors (Lipinski definition) is 1. The highest BCUT2D eigenvalue weighted by Gasteiger charge is 2.29. The second-order valence-electron chi connectivity index (χ2n) is 5.01. The Bertz CT molecular complexity index is 545. The summed E-state index contributed by atoms with van der Waals surface area (Å²) in [5.74, 6) is 0.632. The normalized spacial score (nSPS) is 15.6. The first-order chi connectivity index (χ1) is 10.1. The predicted molar refractivity (Wildman–Crippen MR) is 78.6 cm³/mol. The molecule has 1 aliphatic rings. The first-order valence-corrected chi connectivity index (χ1v) is 7.00. The molecule has 2 rings (SSSR count). The summed E-state index contributed by atoms with van der Waals surface area (Å²) in [6.45, 7) is 3.47. The summed E-state index contributed by atoms with van der Waals surface area (Å²) in [6.07, 6.45) is 0. The standard InChI is InChI=1S/C15H21N3O3/c1-3-17-9-15(20)18(10-14(17)19)8-12-6-11(7-16)4-5-13(12)21-2/h4-6H,3,7-10,16H2,1-2H3. The second kappa shape index (κ2) is 6.58. The van der Waals surface area contributed by atoms with Gasteiger partial charge in [0.05, 0.1) is 13.7 Å². The van der Waals surface area contributed by atoms with E-state index >= 15 is 0 Å². The van der Waals surface area contributed by atoms with E-state index in [-0.39, 0.29) is 24.9 Å². The number of carbonyl (C=O) groups excluding carboxylic acids is 2. The molecule has 0 saturated carbocycles. The lowest BCUT2D eigenvalue weighted by Crippen LogP contribution is -2.53. The SMILES string of the molecule is CCN1CC(=O)N(Cc2cc(CN)ccc2OC)CC1=O. The third-order valence-electron chi connectivity index (χ3n) is 3.68. The molecule has 6 heteroatoms. The van der Waals surface area contributed by atoms with Crippen molar-refractivity contribution in [3.8, 4) is 5.75 Å². The fourth-order valence-corrected chi connectivity index (χ4v) is 2.42. The van der Waals surface area contributed by atoms with Gasteiger partial charge in [-0.2, -0.15) is 0 Å². The number of methoxy groups -OCH3 is 1. The number of likely N-dealkylation sites (N-methyl/N-ethyl adjacent to an activating group) is 1. The van der Waals surface area contributed by atoms with Gasteiger partial charge in [0, 0.05) is 25.2 Å². The highest BCUT2D eigenvalue weighted by molar-refractivity contribution is 5.92. The zero-order chi connectivity index (χ0) is 15.4. The largest absolute Gasteiger partial charge is 0.496 e. The molecule has 0 bridgehead atoms. The second-order valence-corrected chi connectivity index (χ2v) is 5.01. The van der Waals surface area contributed by atoms with Gasteiger partial charge in [-0.25, -0.2) is 0 Å². The molecule has 1 aromatic carbocycles. The molecule has 2 N–H and O–H groups in total. The Hall–Kier alpha value is -2.08. The Morgan fingerprint density at radius 1 is 1.19 bits per heavy atom. The minimum atomic E-state index is -0.0448. The van der Waals surface area contributed by atoms with E-state index in [1.165, 1.54) is 0 Å². The average Bonchev–Trinajstić information content (AvgIpc) is 2.50. The van der Waals surface area contributed by atoms with Crippen LogP contribution in [0.2, 0.25) is 0 Å². The van der Waals surface area contributed by atoms with Crippen LogP contribution in [0.3, 0.4) is 0 Å². The molecule has 1 aromatic rings. The maximum Gasteiger partial charge on any atom is 0.242 e. The van der Waals surface area contributed by atoms with Gasteiger partial charge in [0.1, 0.15) is 12.3 Å². The predicted octanol–water partition coefficient (Wildman–Crippen LogP) is 0.345. The molecule has 114 valence electrons. The third kappa shape index (κ3) is 3.33. The van der Waals surface area contributed by atoms with Crippen LogP contribution in [0.15, 0.2) is 18.2 Å². The van der Waals surface area contributed by atoms with Gasteiger partial charge in [0.15, 0.2) is 0 Å². The smallest absolute Gasteiger partial charge is 0.242 e. The van der Waals surface area contributed by atoms with Crippen molar-refractivity contribution in [1.82, 2.24) is 9.80 Å². The van der Waals surface area contributed by atoms with Crippen LogP contribution in [-0.2, 0) is 22.7 Å².